The first-order valence-corrected chi connectivity index (χ1v) is 7.24. The lowest BCUT2D eigenvalue weighted by Crippen LogP contribution is -2.67. The van der Waals surface area contributed by atoms with E-state index in [9.17, 15) is 4.79 Å². The van der Waals surface area contributed by atoms with Gasteiger partial charge < -0.3 is 10.2 Å². The van der Waals surface area contributed by atoms with E-state index in [0.717, 1.165) is 19.4 Å². The van der Waals surface area contributed by atoms with Gasteiger partial charge in [0.15, 0.2) is 0 Å². The van der Waals surface area contributed by atoms with Crippen LogP contribution in [0.1, 0.15) is 61.3 Å². The van der Waals surface area contributed by atoms with Crippen LogP contribution in [0.25, 0.3) is 0 Å². The predicted molar refractivity (Wildman–Crippen MR) is 77.9 cm³/mol. The van der Waals surface area contributed by atoms with E-state index >= 15 is 0 Å². The van der Waals surface area contributed by atoms with Crippen molar-refractivity contribution in [2.24, 2.45) is 0 Å². The molecule has 0 bridgehead atoms. The maximum atomic E-state index is 11.9. The lowest BCUT2D eigenvalue weighted by Gasteiger charge is -2.52. The molecule has 0 aromatic rings. The summed E-state index contributed by atoms with van der Waals surface area (Å²) in [5.74, 6) is 0.156. The highest BCUT2D eigenvalue weighted by Crippen LogP contribution is 2.41. The molecular weight excluding hydrogens is 238 g/mol. The zero-order valence-electron chi connectivity index (χ0n) is 13.5. The van der Waals surface area contributed by atoms with Crippen LogP contribution in [0.3, 0.4) is 0 Å². The first kappa shape index (κ1) is 14.8. The molecule has 0 aromatic heterocycles. The largest absolute Gasteiger partial charge is 0.323 e. The number of carbonyl (C=O) groups excluding carboxylic acids is 1. The van der Waals surface area contributed by atoms with E-state index < -0.39 is 0 Å². The molecule has 0 unspecified atom stereocenters. The molecule has 4 heteroatoms. The first-order valence-electron chi connectivity index (χ1n) is 7.24. The zero-order valence-corrected chi connectivity index (χ0v) is 13.5. The van der Waals surface area contributed by atoms with Crippen LogP contribution in [0.5, 0.6) is 0 Å². The number of hydrogen-bond acceptors (Lipinski definition) is 3. The van der Waals surface area contributed by atoms with Crippen molar-refractivity contribution in [1.82, 2.24) is 15.5 Å². The molecule has 2 N–H and O–H groups in total. The predicted octanol–water partition coefficient (Wildman–Crippen LogP) is 1.85. The van der Waals surface area contributed by atoms with Gasteiger partial charge in [-0.05, 0) is 54.4 Å². The highest BCUT2D eigenvalue weighted by atomic mass is 16.2. The van der Waals surface area contributed by atoms with Crippen LogP contribution in [0.4, 0.5) is 0 Å². The summed E-state index contributed by atoms with van der Waals surface area (Å²) in [6.45, 7) is 15.7. The maximum absolute atomic E-state index is 11.9. The summed E-state index contributed by atoms with van der Waals surface area (Å²) < 4.78 is 0. The van der Waals surface area contributed by atoms with Crippen LogP contribution in [-0.4, -0.2) is 39.6 Å². The second-order valence-electron chi connectivity index (χ2n) is 8.32. The van der Waals surface area contributed by atoms with Crippen LogP contribution < -0.4 is 10.6 Å². The number of amides is 1. The van der Waals surface area contributed by atoms with Crippen molar-refractivity contribution in [3.63, 3.8) is 0 Å². The standard InChI is InChI=1S/C15H29N3O/c1-11(19)18-10-15(17-14(18,6)7)8-12(2,3)16-13(4,5)9-15/h16-17H,8-10H2,1-7H3. The van der Waals surface area contributed by atoms with E-state index in [4.69, 9.17) is 0 Å². The zero-order chi connectivity index (χ0) is 14.7. The Hall–Kier alpha value is -0.610. The molecule has 2 rings (SSSR count). The van der Waals surface area contributed by atoms with Crippen LogP contribution in [0.2, 0.25) is 0 Å². The molecule has 110 valence electrons. The first-order chi connectivity index (χ1) is 8.37. The lowest BCUT2D eigenvalue weighted by molar-refractivity contribution is -0.132. The van der Waals surface area contributed by atoms with E-state index in [1.165, 1.54) is 0 Å². The van der Waals surface area contributed by atoms with Crippen LogP contribution in [0.15, 0.2) is 0 Å². The van der Waals surface area contributed by atoms with Crippen LogP contribution >= 0.6 is 0 Å². The molecule has 0 radical (unpaired) electrons. The number of hydrogen-bond donors (Lipinski definition) is 2. The molecule has 0 saturated carbocycles. The van der Waals surface area contributed by atoms with Gasteiger partial charge in [0.2, 0.25) is 5.91 Å². The maximum Gasteiger partial charge on any atom is 0.220 e. The van der Waals surface area contributed by atoms with Gasteiger partial charge in [0.05, 0.1) is 5.66 Å². The number of piperidine rings is 1. The SMILES string of the molecule is CC(=O)N1CC2(CC(C)(C)NC(C)(C)C2)NC1(C)C. The summed E-state index contributed by atoms with van der Waals surface area (Å²) in [4.78, 5) is 13.9. The Morgan fingerprint density at radius 1 is 0.947 bits per heavy atom. The summed E-state index contributed by atoms with van der Waals surface area (Å²) in [6.07, 6.45) is 2.08. The highest BCUT2D eigenvalue weighted by Gasteiger charge is 2.55. The van der Waals surface area contributed by atoms with Gasteiger partial charge >= 0.3 is 0 Å². The third kappa shape index (κ3) is 2.79. The van der Waals surface area contributed by atoms with E-state index in [2.05, 4.69) is 52.2 Å². The van der Waals surface area contributed by atoms with E-state index in [-0.39, 0.29) is 28.2 Å². The minimum Gasteiger partial charge on any atom is -0.323 e. The third-order valence-corrected chi connectivity index (χ3v) is 4.32. The van der Waals surface area contributed by atoms with Gasteiger partial charge in [-0.3, -0.25) is 10.1 Å². The molecule has 19 heavy (non-hydrogen) atoms. The van der Waals surface area contributed by atoms with Gasteiger partial charge in [-0.1, -0.05) is 0 Å². The van der Waals surface area contributed by atoms with Crippen molar-refractivity contribution in [3.8, 4) is 0 Å². The average Bonchev–Trinajstić information content (AvgIpc) is 2.29. The quantitative estimate of drug-likeness (QED) is 0.704. The Morgan fingerprint density at radius 2 is 1.42 bits per heavy atom. The van der Waals surface area contributed by atoms with Gasteiger partial charge in [0, 0.05) is 30.1 Å². The lowest BCUT2D eigenvalue weighted by atomic mass is 9.71. The van der Waals surface area contributed by atoms with Gasteiger partial charge in [-0.15, -0.1) is 0 Å². The van der Waals surface area contributed by atoms with Gasteiger partial charge in [0.25, 0.3) is 0 Å². The van der Waals surface area contributed by atoms with E-state index in [0.29, 0.717) is 0 Å². The normalized spacial score (nSPS) is 30.6. The van der Waals surface area contributed by atoms with Crippen molar-refractivity contribution in [2.75, 3.05) is 6.54 Å². The molecule has 0 aliphatic carbocycles. The molecule has 2 heterocycles. The van der Waals surface area contributed by atoms with E-state index in [1.54, 1.807) is 6.92 Å². The smallest absolute Gasteiger partial charge is 0.220 e. The van der Waals surface area contributed by atoms with Crippen molar-refractivity contribution >= 4 is 5.91 Å². The fourth-order valence-corrected chi connectivity index (χ4v) is 4.72. The Balaban J connectivity index is 2.32. The Kier molecular flexibility index (Phi) is 3.08. The highest BCUT2D eigenvalue weighted by molar-refractivity contribution is 5.74. The fourth-order valence-electron chi connectivity index (χ4n) is 4.72. The molecule has 0 aromatic carbocycles. The topological polar surface area (TPSA) is 44.4 Å². The molecule has 2 fully saturated rings. The summed E-state index contributed by atoms with van der Waals surface area (Å²) in [7, 11) is 0. The van der Waals surface area contributed by atoms with Crippen molar-refractivity contribution < 1.29 is 4.79 Å². The molecule has 4 nitrogen and oxygen atoms in total. The third-order valence-electron chi connectivity index (χ3n) is 4.32. The number of nitrogens with zero attached hydrogens (tertiary/aromatic N) is 1. The second-order valence-corrected chi connectivity index (χ2v) is 8.32. The minimum absolute atomic E-state index is 0.0212. The van der Waals surface area contributed by atoms with Crippen molar-refractivity contribution in [2.45, 2.75) is 83.6 Å². The van der Waals surface area contributed by atoms with Crippen molar-refractivity contribution in [3.05, 3.63) is 0 Å². The van der Waals surface area contributed by atoms with Crippen LogP contribution in [0, 0.1) is 0 Å². The Labute approximate surface area is 117 Å². The fraction of sp³-hybridized carbons (Fsp3) is 0.933. The molecule has 0 atom stereocenters. The molecule has 2 aliphatic rings. The Bertz CT molecular complexity index is 382. The second kappa shape index (κ2) is 3.95. The monoisotopic (exact) mass is 267 g/mol. The number of nitrogens with one attached hydrogen (secondary N) is 2. The average molecular weight is 267 g/mol. The molecule has 1 amide bonds. The summed E-state index contributed by atoms with van der Waals surface area (Å²) in [6, 6.07) is 0. The number of carbonyl (C=O) groups is 1. The molecular formula is C15H29N3O. The van der Waals surface area contributed by atoms with Crippen LogP contribution in [-0.2, 0) is 4.79 Å². The van der Waals surface area contributed by atoms with Crippen molar-refractivity contribution in [1.29, 1.82) is 0 Å². The van der Waals surface area contributed by atoms with Gasteiger partial charge in [-0.2, -0.15) is 0 Å². The molecule has 1 spiro atoms. The molecule has 2 aliphatic heterocycles. The minimum atomic E-state index is -0.255. The van der Waals surface area contributed by atoms with Gasteiger partial charge in [0.1, 0.15) is 0 Å². The Morgan fingerprint density at radius 3 is 1.79 bits per heavy atom. The molecule has 2 saturated heterocycles. The summed E-state index contributed by atoms with van der Waals surface area (Å²) in [5.41, 5.74) is -0.0714. The van der Waals surface area contributed by atoms with Gasteiger partial charge in [-0.25, -0.2) is 0 Å². The summed E-state index contributed by atoms with van der Waals surface area (Å²) >= 11 is 0. The van der Waals surface area contributed by atoms with E-state index in [1.807, 2.05) is 4.90 Å². The summed E-state index contributed by atoms with van der Waals surface area (Å²) in [5, 5.41) is 7.46. The number of rotatable bonds is 0.